The van der Waals surface area contributed by atoms with Crippen LogP contribution in [0.4, 0.5) is 5.69 Å². The van der Waals surface area contributed by atoms with Crippen molar-refractivity contribution in [2.24, 2.45) is 13.0 Å². The van der Waals surface area contributed by atoms with Gasteiger partial charge in [-0.1, -0.05) is 0 Å². The predicted octanol–water partition coefficient (Wildman–Crippen LogP) is 3.10. The summed E-state index contributed by atoms with van der Waals surface area (Å²) in [5.74, 6) is 0.720. The SMILES string of the molecule is Cn1cc(CC2CCN(c3ccnc4ccsc34)C2)cn1. The highest BCUT2D eigenvalue weighted by Gasteiger charge is 2.24. The Labute approximate surface area is 128 Å². The summed E-state index contributed by atoms with van der Waals surface area (Å²) in [7, 11) is 1.98. The summed E-state index contributed by atoms with van der Waals surface area (Å²) >= 11 is 1.79. The number of fused-ring (bicyclic) bond motifs is 1. The van der Waals surface area contributed by atoms with Crippen molar-refractivity contribution in [2.75, 3.05) is 18.0 Å². The van der Waals surface area contributed by atoms with Crippen molar-refractivity contribution in [1.82, 2.24) is 14.8 Å². The molecule has 3 aromatic heterocycles. The number of pyridine rings is 1. The average Bonchev–Trinajstić information content (AvgIpc) is 3.19. The van der Waals surface area contributed by atoms with Crippen molar-refractivity contribution < 1.29 is 0 Å². The topological polar surface area (TPSA) is 34.0 Å². The van der Waals surface area contributed by atoms with Gasteiger partial charge in [0.1, 0.15) is 0 Å². The smallest absolute Gasteiger partial charge is 0.0830 e. The van der Waals surface area contributed by atoms with Gasteiger partial charge in [-0.05, 0) is 41.8 Å². The molecule has 0 radical (unpaired) electrons. The van der Waals surface area contributed by atoms with E-state index in [4.69, 9.17) is 0 Å². The first kappa shape index (κ1) is 12.8. The molecule has 4 nitrogen and oxygen atoms in total. The second-order valence-electron chi connectivity index (χ2n) is 5.79. The number of nitrogens with zero attached hydrogens (tertiary/aromatic N) is 4. The molecule has 0 bridgehead atoms. The minimum atomic E-state index is 0.720. The first-order chi connectivity index (χ1) is 10.3. The summed E-state index contributed by atoms with van der Waals surface area (Å²) in [6.07, 6.45) is 8.44. The molecule has 0 aliphatic carbocycles. The zero-order valence-electron chi connectivity index (χ0n) is 12.1. The molecule has 0 spiro atoms. The van der Waals surface area contributed by atoms with E-state index in [0.29, 0.717) is 0 Å². The maximum absolute atomic E-state index is 4.44. The Morgan fingerprint density at radius 1 is 1.38 bits per heavy atom. The third kappa shape index (κ3) is 2.42. The van der Waals surface area contributed by atoms with Gasteiger partial charge in [-0.25, -0.2) is 0 Å². The minimum absolute atomic E-state index is 0.720. The Morgan fingerprint density at radius 3 is 3.19 bits per heavy atom. The monoisotopic (exact) mass is 298 g/mol. The lowest BCUT2D eigenvalue weighted by molar-refractivity contribution is 0.586. The first-order valence-corrected chi connectivity index (χ1v) is 8.22. The molecule has 108 valence electrons. The molecule has 1 aliphatic heterocycles. The Bertz CT molecular complexity index is 760. The lowest BCUT2D eigenvalue weighted by Gasteiger charge is -2.19. The van der Waals surface area contributed by atoms with Gasteiger partial charge in [0, 0.05) is 32.5 Å². The van der Waals surface area contributed by atoms with Crippen LogP contribution in [-0.4, -0.2) is 27.9 Å². The molecular formula is C16H18N4S. The number of aromatic nitrogens is 3. The van der Waals surface area contributed by atoms with Gasteiger partial charge in [0.2, 0.25) is 0 Å². The van der Waals surface area contributed by atoms with Crippen LogP contribution in [0.2, 0.25) is 0 Å². The fourth-order valence-electron chi connectivity index (χ4n) is 3.24. The van der Waals surface area contributed by atoms with Gasteiger partial charge in [-0.15, -0.1) is 11.3 Å². The molecule has 21 heavy (non-hydrogen) atoms. The van der Waals surface area contributed by atoms with Gasteiger partial charge in [-0.3, -0.25) is 9.67 Å². The number of anilines is 1. The third-order valence-corrected chi connectivity index (χ3v) is 5.16. The maximum Gasteiger partial charge on any atom is 0.0830 e. The van der Waals surface area contributed by atoms with E-state index in [1.54, 1.807) is 11.3 Å². The molecule has 3 aromatic rings. The summed E-state index contributed by atoms with van der Waals surface area (Å²) in [6.45, 7) is 2.27. The Kier molecular flexibility index (Phi) is 3.15. The highest BCUT2D eigenvalue weighted by Crippen LogP contribution is 2.33. The second kappa shape index (κ2) is 5.15. The number of rotatable bonds is 3. The predicted molar refractivity (Wildman–Crippen MR) is 86.9 cm³/mol. The van der Waals surface area contributed by atoms with E-state index in [9.17, 15) is 0 Å². The van der Waals surface area contributed by atoms with Crippen molar-refractivity contribution in [3.05, 3.63) is 41.7 Å². The molecule has 0 N–H and O–H groups in total. The third-order valence-electron chi connectivity index (χ3n) is 4.23. The highest BCUT2D eigenvalue weighted by molar-refractivity contribution is 7.17. The van der Waals surface area contributed by atoms with Crippen molar-refractivity contribution >= 4 is 27.2 Å². The fraction of sp³-hybridized carbons (Fsp3) is 0.375. The molecule has 1 aliphatic rings. The lowest BCUT2D eigenvalue weighted by Crippen LogP contribution is -2.20. The highest BCUT2D eigenvalue weighted by atomic mass is 32.1. The van der Waals surface area contributed by atoms with Crippen molar-refractivity contribution in [2.45, 2.75) is 12.8 Å². The normalized spacial score (nSPS) is 18.7. The Hall–Kier alpha value is -1.88. The molecule has 0 amide bonds. The van der Waals surface area contributed by atoms with E-state index in [2.05, 4.69) is 38.7 Å². The molecule has 1 saturated heterocycles. The summed E-state index contributed by atoms with van der Waals surface area (Å²) in [6, 6.07) is 4.26. The van der Waals surface area contributed by atoms with Gasteiger partial charge in [0.25, 0.3) is 0 Å². The van der Waals surface area contributed by atoms with Gasteiger partial charge in [-0.2, -0.15) is 5.10 Å². The quantitative estimate of drug-likeness (QED) is 0.745. The van der Waals surface area contributed by atoms with Crippen molar-refractivity contribution in [3.8, 4) is 0 Å². The summed E-state index contributed by atoms with van der Waals surface area (Å²) in [4.78, 5) is 6.95. The van der Waals surface area contributed by atoms with E-state index >= 15 is 0 Å². The molecular weight excluding hydrogens is 280 g/mol. The summed E-state index contributed by atoms with van der Waals surface area (Å²) in [5, 5.41) is 6.40. The summed E-state index contributed by atoms with van der Waals surface area (Å²) < 4.78 is 3.21. The molecule has 5 heteroatoms. The summed E-state index contributed by atoms with van der Waals surface area (Å²) in [5.41, 5.74) is 3.82. The lowest BCUT2D eigenvalue weighted by atomic mass is 10.0. The number of hydrogen-bond donors (Lipinski definition) is 0. The van der Waals surface area contributed by atoms with Gasteiger partial charge < -0.3 is 4.90 Å². The average molecular weight is 298 g/mol. The van der Waals surface area contributed by atoms with Crippen LogP contribution in [0.5, 0.6) is 0 Å². The van der Waals surface area contributed by atoms with Crippen molar-refractivity contribution in [3.63, 3.8) is 0 Å². The minimum Gasteiger partial charge on any atom is -0.370 e. The standard InChI is InChI=1S/C16H18N4S/c1-19-10-13(9-18-19)8-12-3-6-20(11-12)15-2-5-17-14-4-7-21-16(14)15/h2,4-5,7,9-10,12H,3,6,8,11H2,1H3. The molecule has 4 heterocycles. The molecule has 4 rings (SSSR count). The Balaban J connectivity index is 1.52. The molecule has 1 unspecified atom stereocenters. The van der Waals surface area contributed by atoms with Crippen LogP contribution in [-0.2, 0) is 13.5 Å². The van der Waals surface area contributed by atoms with E-state index in [-0.39, 0.29) is 0 Å². The van der Waals surface area contributed by atoms with Crippen LogP contribution < -0.4 is 4.90 Å². The maximum atomic E-state index is 4.44. The van der Waals surface area contributed by atoms with Crippen LogP contribution >= 0.6 is 11.3 Å². The number of thiophene rings is 1. The van der Waals surface area contributed by atoms with E-state index < -0.39 is 0 Å². The van der Waals surface area contributed by atoms with E-state index in [1.165, 1.54) is 22.4 Å². The van der Waals surface area contributed by atoms with Crippen LogP contribution in [0.1, 0.15) is 12.0 Å². The van der Waals surface area contributed by atoms with Gasteiger partial charge >= 0.3 is 0 Å². The van der Waals surface area contributed by atoms with E-state index in [0.717, 1.165) is 30.9 Å². The Morgan fingerprint density at radius 2 is 2.33 bits per heavy atom. The van der Waals surface area contributed by atoms with Crippen LogP contribution in [0, 0.1) is 5.92 Å². The molecule has 0 aromatic carbocycles. The van der Waals surface area contributed by atoms with Crippen LogP contribution in [0.3, 0.4) is 0 Å². The van der Waals surface area contributed by atoms with Crippen LogP contribution in [0.25, 0.3) is 10.2 Å². The molecule has 0 saturated carbocycles. The number of aryl methyl sites for hydroxylation is 1. The van der Waals surface area contributed by atoms with Gasteiger partial charge in [0.05, 0.1) is 22.1 Å². The largest absolute Gasteiger partial charge is 0.370 e. The number of hydrogen-bond acceptors (Lipinski definition) is 4. The fourth-order valence-corrected chi connectivity index (χ4v) is 4.13. The zero-order chi connectivity index (χ0) is 14.2. The first-order valence-electron chi connectivity index (χ1n) is 7.34. The molecule has 1 fully saturated rings. The van der Waals surface area contributed by atoms with Gasteiger partial charge in [0.15, 0.2) is 0 Å². The molecule has 1 atom stereocenters. The van der Waals surface area contributed by atoms with Crippen molar-refractivity contribution in [1.29, 1.82) is 0 Å². The second-order valence-corrected chi connectivity index (χ2v) is 6.71. The zero-order valence-corrected chi connectivity index (χ0v) is 12.9. The van der Waals surface area contributed by atoms with E-state index in [1.807, 2.05) is 24.1 Å². The van der Waals surface area contributed by atoms with Crippen LogP contribution in [0.15, 0.2) is 36.1 Å².